The third-order valence-corrected chi connectivity index (χ3v) is 5.82. The summed E-state index contributed by atoms with van der Waals surface area (Å²) < 4.78 is 8.22. The molecule has 0 bridgehead atoms. The molecule has 0 aromatic carbocycles. The number of fused-ring (bicyclic) bond motifs is 1. The summed E-state index contributed by atoms with van der Waals surface area (Å²) in [5, 5.41) is 5.42. The molecule has 2 saturated carbocycles. The average Bonchev–Trinajstić information content (AvgIpc) is 3.46. The summed E-state index contributed by atoms with van der Waals surface area (Å²) in [6, 6.07) is 2.24. The van der Waals surface area contributed by atoms with E-state index in [0.717, 1.165) is 49.1 Å². The van der Waals surface area contributed by atoms with Crippen molar-refractivity contribution in [1.29, 1.82) is 0 Å². The fourth-order valence-corrected chi connectivity index (χ4v) is 4.38. The first-order chi connectivity index (χ1) is 11.2. The molecule has 0 unspecified atom stereocenters. The van der Waals surface area contributed by atoms with Crippen molar-refractivity contribution in [2.75, 3.05) is 19.7 Å². The Labute approximate surface area is 136 Å². The Morgan fingerprint density at radius 2 is 2.00 bits per heavy atom. The molecule has 1 saturated heterocycles. The van der Waals surface area contributed by atoms with Crippen molar-refractivity contribution >= 4 is 11.0 Å². The monoisotopic (exact) mass is 312 g/mol. The number of aromatic nitrogens is 3. The maximum atomic E-state index is 6.38. The molecule has 23 heavy (non-hydrogen) atoms. The first kappa shape index (κ1) is 13.9. The zero-order valence-corrected chi connectivity index (χ0v) is 13.7. The van der Waals surface area contributed by atoms with Gasteiger partial charge >= 0.3 is 0 Å². The van der Waals surface area contributed by atoms with Gasteiger partial charge in [0.1, 0.15) is 0 Å². The van der Waals surface area contributed by atoms with Crippen LogP contribution in [0.3, 0.4) is 0 Å². The van der Waals surface area contributed by atoms with Gasteiger partial charge in [-0.1, -0.05) is 0 Å². The third kappa shape index (κ3) is 2.37. The standard InChI is InChI=1S/C18H24N4O/c1-21-17-14(10-20-21)8-13(9-19-17)11-22-6-7-23-18(12-22,15-2-3-15)16-4-5-16/h8-10,15-16H,2-7,11-12H2,1H3. The van der Waals surface area contributed by atoms with Crippen LogP contribution in [-0.4, -0.2) is 45.0 Å². The predicted molar refractivity (Wildman–Crippen MR) is 87.9 cm³/mol. The molecule has 3 heterocycles. The van der Waals surface area contributed by atoms with E-state index in [2.05, 4.69) is 21.0 Å². The largest absolute Gasteiger partial charge is 0.372 e. The van der Waals surface area contributed by atoms with E-state index in [4.69, 9.17) is 4.74 Å². The smallest absolute Gasteiger partial charge is 0.157 e. The lowest BCUT2D eigenvalue weighted by atomic mass is 9.89. The van der Waals surface area contributed by atoms with Crippen LogP contribution in [0.25, 0.3) is 11.0 Å². The second-order valence-electron chi connectivity index (χ2n) is 7.59. The molecule has 2 aromatic rings. The highest BCUT2D eigenvalue weighted by atomic mass is 16.5. The van der Waals surface area contributed by atoms with Gasteiger partial charge < -0.3 is 4.74 Å². The summed E-state index contributed by atoms with van der Waals surface area (Å²) >= 11 is 0. The second-order valence-corrected chi connectivity index (χ2v) is 7.59. The summed E-state index contributed by atoms with van der Waals surface area (Å²) in [4.78, 5) is 7.16. The van der Waals surface area contributed by atoms with Gasteiger partial charge in [0.2, 0.25) is 0 Å². The molecule has 5 nitrogen and oxygen atoms in total. The predicted octanol–water partition coefficient (Wildman–Crippen LogP) is 2.36. The van der Waals surface area contributed by atoms with E-state index in [9.17, 15) is 0 Å². The van der Waals surface area contributed by atoms with E-state index in [1.807, 2.05) is 24.1 Å². The molecule has 1 aliphatic heterocycles. The zero-order valence-electron chi connectivity index (χ0n) is 13.7. The minimum absolute atomic E-state index is 0.171. The Morgan fingerprint density at radius 3 is 2.74 bits per heavy atom. The van der Waals surface area contributed by atoms with Crippen LogP contribution in [0.1, 0.15) is 31.2 Å². The Bertz CT molecular complexity index is 720. The Kier molecular flexibility index (Phi) is 3.04. The number of aryl methyl sites for hydroxylation is 1. The van der Waals surface area contributed by atoms with Crippen LogP contribution in [0.15, 0.2) is 18.5 Å². The molecule has 0 N–H and O–H groups in total. The van der Waals surface area contributed by atoms with Crippen molar-refractivity contribution in [2.24, 2.45) is 18.9 Å². The molecule has 5 heteroatoms. The summed E-state index contributed by atoms with van der Waals surface area (Å²) in [5.74, 6) is 1.63. The molecular formula is C18H24N4O. The molecule has 0 amide bonds. The number of morpholine rings is 1. The van der Waals surface area contributed by atoms with Crippen LogP contribution in [-0.2, 0) is 18.3 Å². The Morgan fingerprint density at radius 1 is 1.22 bits per heavy atom. The fraction of sp³-hybridized carbons (Fsp3) is 0.667. The topological polar surface area (TPSA) is 43.2 Å². The average molecular weight is 312 g/mol. The minimum atomic E-state index is 0.171. The first-order valence-electron chi connectivity index (χ1n) is 8.87. The lowest BCUT2D eigenvalue weighted by Crippen LogP contribution is -2.54. The van der Waals surface area contributed by atoms with Gasteiger partial charge in [0.15, 0.2) is 5.65 Å². The van der Waals surface area contributed by atoms with E-state index in [0.29, 0.717) is 0 Å². The maximum absolute atomic E-state index is 6.38. The van der Waals surface area contributed by atoms with Gasteiger partial charge in [0.05, 0.1) is 18.4 Å². The maximum Gasteiger partial charge on any atom is 0.157 e. The van der Waals surface area contributed by atoms with Crippen LogP contribution in [0.2, 0.25) is 0 Å². The van der Waals surface area contributed by atoms with Crippen LogP contribution in [0, 0.1) is 11.8 Å². The van der Waals surface area contributed by atoms with Gasteiger partial charge in [-0.25, -0.2) is 4.98 Å². The normalized spacial score (nSPS) is 25.1. The van der Waals surface area contributed by atoms with Crippen LogP contribution >= 0.6 is 0 Å². The molecule has 2 aromatic heterocycles. The highest BCUT2D eigenvalue weighted by molar-refractivity contribution is 5.74. The second kappa shape index (κ2) is 5.02. The number of nitrogens with zero attached hydrogens (tertiary/aromatic N) is 4. The minimum Gasteiger partial charge on any atom is -0.372 e. The van der Waals surface area contributed by atoms with Gasteiger partial charge in [-0.3, -0.25) is 9.58 Å². The summed E-state index contributed by atoms with van der Waals surface area (Å²) in [6.07, 6.45) is 9.39. The van der Waals surface area contributed by atoms with Crippen molar-refractivity contribution in [3.05, 3.63) is 24.0 Å². The molecule has 0 radical (unpaired) electrons. The quantitative estimate of drug-likeness (QED) is 0.869. The van der Waals surface area contributed by atoms with Crippen molar-refractivity contribution in [3.63, 3.8) is 0 Å². The highest BCUT2D eigenvalue weighted by Gasteiger charge is 2.56. The molecular weight excluding hydrogens is 288 g/mol. The van der Waals surface area contributed by atoms with Gasteiger partial charge in [0, 0.05) is 38.3 Å². The molecule has 5 rings (SSSR count). The van der Waals surface area contributed by atoms with Crippen molar-refractivity contribution in [2.45, 2.75) is 37.8 Å². The summed E-state index contributed by atoms with van der Waals surface area (Å²) in [5.41, 5.74) is 2.42. The Balaban J connectivity index is 1.36. The van der Waals surface area contributed by atoms with Crippen LogP contribution < -0.4 is 0 Å². The third-order valence-electron chi connectivity index (χ3n) is 5.82. The van der Waals surface area contributed by atoms with E-state index in [1.54, 1.807) is 0 Å². The number of hydrogen-bond acceptors (Lipinski definition) is 4. The van der Waals surface area contributed by atoms with Gasteiger partial charge in [0.25, 0.3) is 0 Å². The SMILES string of the molecule is Cn1ncc2cc(CN3CCOC(C4CC4)(C4CC4)C3)cnc21. The summed E-state index contributed by atoms with van der Waals surface area (Å²) in [7, 11) is 1.94. The Hall–Kier alpha value is -1.46. The number of hydrogen-bond donors (Lipinski definition) is 0. The lowest BCUT2D eigenvalue weighted by Gasteiger charge is -2.44. The number of pyridine rings is 1. The number of ether oxygens (including phenoxy) is 1. The van der Waals surface area contributed by atoms with Crippen molar-refractivity contribution < 1.29 is 4.74 Å². The molecule has 3 fully saturated rings. The van der Waals surface area contributed by atoms with Crippen LogP contribution in [0.4, 0.5) is 0 Å². The first-order valence-corrected chi connectivity index (χ1v) is 8.87. The van der Waals surface area contributed by atoms with E-state index in [1.165, 1.54) is 31.2 Å². The molecule has 0 spiro atoms. The van der Waals surface area contributed by atoms with Crippen molar-refractivity contribution in [1.82, 2.24) is 19.7 Å². The lowest BCUT2D eigenvalue weighted by molar-refractivity contribution is -0.137. The van der Waals surface area contributed by atoms with E-state index in [-0.39, 0.29) is 5.60 Å². The molecule has 2 aliphatic carbocycles. The fourth-order valence-electron chi connectivity index (χ4n) is 4.38. The molecule has 122 valence electrons. The van der Waals surface area contributed by atoms with Gasteiger partial charge in [-0.05, 0) is 49.1 Å². The number of rotatable bonds is 4. The van der Waals surface area contributed by atoms with Crippen LogP contribution in [0.5, 0.6) is 0 Å². The van der Waals surface area contributed by atoms with Crippen molar-refractivity contribution in [3.8, 4) is 0 Å². The van der Waals surface area contributed by atoms with E-state index >= 15 is 0 Å². The molecule has 0 atom stereocenters. The molecule has 3 aliphatic rings. The van der Waals surface area contributed by atoms with Gasteiger partial charge in [-0.2, -0.15) is 5.10 Å². The van der Waals surface area contributed by atoms with Gasteiger partial charge in [-0.15, -0.1) is 0 Å². The zero-order chi connectivity index (χ0) is 15.4. The van der Waals surface area contributed by atoms with E-state index < -0.39 is 0 Å². The summed E-state index contributed by atoms with van der Waals surface area (Å²) in [6.45, 7) is 4.00. The highest BCUT2D eigenvalue weighted by Crippen LogP contribution is 2.55.